The SMILES string of the molecule is NC(=O)C[n+]1ccc(-c2ccc(N=C(N)N=C(N)N)cc2C#CC2=CC[C@H](S(=O)(=O)O)[C@H](S(=O)(=O)O)C2)cc1. The summed E-state index contributed by atoms with van der Waals surface area (Å²) in [7, 11) is -9.56. The smallest absolute Gasteiger partial charge is 0.283 e. The molecular formula is C23H26N7O7S2+. The Morgan fingerprint density at radius 1 is 0.974 bits per heavy atom. The van der Waals surface area contributed by atoms with E-state index < -0.39 is 43.1 Å². The number of pyridine rings is 1. The zero-order chi connectivity index (χ0) is 29.0. The highest BCUT2D eigenvalue weighted by atomic mass is 32.2. The van der Waals surface area contributed by atoms with Gasteiger partial charge in [-0.25, -0.2) is 4.99 Å². The second-order valence-electron chi connectivity index (χ2n) is 8.49. The third-order valence-electron chi connectivity index (χ3n) is 5.59. The molecule has 2 aromatic rings. The van der Waals surface area contributed by atoms with Gasteiger partial charge in [-0.05, 0) is 35.3 Å². The van der Waals surface area contributed by atoms with Crippen molar-refractivity contribution in [1.29, 1.82) is 0 Å². The van der Waals surface area contributed by atoms with E-state index in [4.69, 9.17) is 22.9 Å². The first kappa shape index (κ1) is 29.3. The number of primary amides is 1. The molecule has 2 atom stereocenters. The predicted octanol–water partition coefficient (Wildman–Crippen LogP) is -1.07. The fourth-order valence-corrected chi connectivity index (χ4v) is 6.42. The molecule has 39 heavy (non-hydrogen) atoms. The Morgan fingerprint density at radius 2 is 1.62 bits per heavy atom. The van der Waals surface area contributed by atoms with Crippen molar-refractivity contribution in [3.05, 3.63) is 59.9 Å². The van der Waals surface area contributed by atoms with Crippen molar-refractivity contribution in [2.24, 2.45) is 32.9 Å². The average molecular weight is 577 g/mol. The predicted molar refractivity (Wildman–Crippen MR) is 143 cm³/mol. The number of nitrogens with zero attached hydrogens (tertiary/aromatic N) is 3. The van der Waals surface area contributed by atoms with Crippen molar-refractivity contribution in [3.63, 3.8) is 0 Å². The van der Waals surface area contributed by atoms with Crippen LogP contribution >= 0.6 is 0 Å². The van der Waals surface area contributed by atoms with Crippen LogP contribution in [-0.4, -0.2) is 54.3 Å². The highest BCUT2D eigenvalue weighted by Crippen LogP contribution is 2.30. The molecule has 1 aromatic carbocycles. The summed E-state index contributed by atoms with van der Waals surface area (Å²) >= 11 is 0. The Hall–Kier alpha value is -4.30. The maximum absolute atomic E-state index is 11.8. The Labute approximate surface area is 224 Å². The largest absolute Gasteiger partial charge is 0.370 e. The van der Waals surface area contributed by atoms with Gasteiger partial charge in [-0.1, -0.05) is 24.0 Å². The van der Waals surface area contributed by atoms with Gasteiger partial charge in [0.1, 0.15) is 10.5 Å². The highest BCUT2D eigenvalue weighted by molar-refractivity contribution is 7.90. The van der Waals surface area contributed by atoms with Crippen molar-refractivity contribution < 1.29 is 35.3 Å². The van der Waals surface area contributed by atoms with E-state index in [1.807, 2.05) is 0 Å². The number of aliphatic imine (C=N–C) groups is 2. The molecule has 0 fully saturated rings. The topological polar surface area (TPSA) is 258 Å². The molecule has 16 heteroatoms. The van der Waals surface area contributed by atoms with Gasteiger partial charge in [-0.3, -0.25) is 13.9 Å². The van der Waals surface area contributed by atoms with Gasteiger partial charge in [0.05, 0.1) is 5.69 Å². The van der Waals surface area contributed by atoms with Crippen LogP contribution in [0.25, 0.3) is 11.1 Å². The molecule has 206 valence electrons. The summed E-state index contributed by atoms with van der Waals surface area (Å²) in [4.78, 5) is 19.0. The lowest BCUT2D eigenvalue weighted by molar-refractivity contribution is -0.684. The Balaban J connectivity index is 2.07. The number of allylic oxidation sites excluding steroid dienone is 2. The fraction of sp³-hybridized carbons (Fsp3) is 0.217. The fourth-order valence-electron chi connectivity index (χ4n) is 3.87. The van der Waals surface area contributed by atoms with E-state index in [1.165, 1.54) is 6.08 Å². The number of aromatic nitrogens is 1. The van der Waals surface area contributed by atoms with Crippen LogP contribution in [0.3, 0.4) is 0 Å². The Morgan fingerprint density at radius 3 is 2.18 bits per heavy atom. The second-order valence-corrected chi connectivity index (χ2v) is 11.8. The monoisotopic (exact) mass is 576 g/mol. The minimum Gasteiger partial charge on any atom is -0.370 e. The van der Waals surface area contributed by atoms with Crippen LogP contribution in [0.2, 0.25) is 0 Å². The molecule has 3 rings (SSSR count). The normalized spacial score (nSPS) is 17.9. The molecule has 1 heterocycles. The number of amides is 1. The number of benzene rings is 1. The van der Waals surface area contributed by atoms with Gasteiger partial charge < -0.3 is 22.9 Å². The molecule has 0 saturated heterocycles. The lowest BCUT2D eigenvalue weighted by Gasteiger charge is -2.25. The summed E-state index contributed by atoms with van der Waals surface area (Å²) in [6, 6.07) is 8.36. The molecule has 1 aromatic heterocycles. The first-order valence-electron chi connectivity index (χ1n) is 11.1. The number of rotatable bonds is 6. The van der Waals surface area contributed by atoms with Crippen LogP contribution in [0, 0.1) is 11.8 Å². The number of hydrogen-bond donors (Lipinski definition) is 6. The van der Waals surface area contributed by atoms with E-state index in [-0.39, 0.29) is 30.5 Å². The van der Waals surface area contributed by atoms with E-state index in [0.717, 1.165) is 0 Å². The summed E-state index contributed by atoms with van der Waals surface area (Å²) in [5, 5.41) is -3.51. The zero-order valence-corrected chi connectivity index (χ0v) is 21.9. The number of nitrogens with two attached hydrogens (primary N) is 4. The molecule has 0 bridgehead atoms. The van der Waals surface area contributed by atoms with E-state index >= 15 is 0 Å². The molecular weight excluding hydrogens is 550 g/mol. The van der Waals surface area contributed by atoms with Crippen LogP contribution in [0.5, 0.6) is 0 Å². The average Bonchev–Trinajstić information content (AvgIpc) is 2.81. The van der Waals surface area contributed by atoms with Crippen LogP contribution < -0.4 is 27.5 Å². The van der Waals surface area contributed by atoms with Gasteiger partial charge in [-0.15, -0.1) is 0 Å². The lowest BCUT2D eigenvalue weighted by Crippen LogP contribution is -2.41. The number of hydrogen-bond acceptors (Lipinski definition) is 6. The lowest BCUT2D eigenvalue weighted by atomic mass is 9.97. The van der Waals surface area contributed by atoms with Crippen molar-refractivity contribution in [2.75, 3.05) is 0 Å². The van der Waals surface area contributed by atoms with Gasteiger partial charge in [0.2, 0.25) is 12.5 Å². The first-order chi connectivity index (χ1) is 18.1. The third kappa shape index (κ3) is 8.09. The number of carbonyl (C=O) groups excluding carboxylic acids is 1. The first-order valence-corrected chi connectivity index (χ1v) is 14.1. The quantitative estimate of drug-likeness (QED) is 0.0797. The summed E-state index contributed by atoms with van der Waals surface area (Å²) in [6.45, 7) is -0.0156. The Kier molecular flexibility index (Phi) is 8.71. The van der Waals surface area contributed by atoms with E-state index in [0.29, 0.717) is 22.4 Å². The summed E-state index contributed by atoms with van der Waals surface area (Å²) in [6.07, 6.45) is 3.89. The standard InChI is InChI=1S/C23H25N7O7S2/c24-21(31)13-30-9-7-15(8-10-30)18-5-4-17(28-23(27)29-22(25)26)12-16(18)3-1-14-2-6-19(38(32,33)34)20(11-14)39(35,36)37/h2,4-5,7-10,12,19-20H,6,11,13H2,(H9,24,25,26,27,29,31,32,33,34,35,36,37)/p+1/t19-,20+/m0/s1. The third-order valence-corrected chi connectivity index (χ3v) is 8.31. The summed E-state index contributed by atoms with van der Waals surface area (Å²) in [5.74, 6) is 4.73. The minimum absolute atomic E-state index is 0.0156. The minimum atomic E-state index is -4.82. The Bertz CT molecular complexity index is 1650. The zero-order valence-electron chi connectivity index (χ0n) is 20.3. The molecule has 1 aliphatic rings. The van der Waals surface area contributed by atoms with Crippen molar-refractivity contribution in [2.45, 2.75) is 29.9 Å². The molecule has 14 nitrogen and oxygen atoms in total. The molecule has 0 spiro atoms. The molecule has 0 unspecified atom stereocenters. The molecule has 0 aliphatic heterocycles. The van der Waals surface area contributed by atoms with E-state index in [9.17, 15) is 30.7 Å². The maximum Gasteiger partial charge on any atom is 0.283 e. The van der Waals surface area contributed by atoms with Crippen molar-refractivity contribution in [3.8, 4) is 23.0 Å². The molecule has 10 N–H and O–H groups in total. The van der Waals surface area contributed by atoms with Crippen LogP contribution in [-0.2, 0) is 31.6 Å². The van der Waals surface area contributed by atoms with Gasteiger partial charge in [0, 0.05) is 24.1 Å². The van der Waals surface area contributed by atoms with Crippen molar-refractivity contribution in [1.82, 2.24) is 0 Å². The summed E-state index contributed by atoms with van der Waals surface area (Å²) in [5.41, 5.74) is 23.9. The van der Waals surface area contributed by atoms with Crippen LogP contribution in [0.4, 0.5) is 5.69 Å². The van der Waals surface area contributed by atoms with Gasteiger partial charge in [-0.2, -0.15) is 26.4 Å². The number of carbonyl (C=O) groups is 1. The van der Waals surface area contributed by atoms with Gasteiger partial charge in [0.25, 0.3) is 26.1 Å². The second kappa shape index (κ2) is 11.6. The van der Waals surface area contributed by atoms with Crippen molar-refractivity contribution >= 4 is 43.7 Å². The van der Waals surface area contributed by atoms with Gasteiger partial charge >= 0.3 is 0 Å². The molecule has 1 amide bonds. The van der Waals surface area contributed by atoms with E-state index in [2.05, 4.69) is 21.8 Å². The molecule has 1 aliphatic carbocycles. The number of guanidine groups is 2. The van der Waals surface area contributed by atoms with E-state index in [1.54, 1.807) is 47.3 Å². The highest BCUT2D eigenvalue weighted by Gasteiger charge is 2.42. The van der Waals surface area contributed by atoms with Crippen LogP contribution in [0.15, 0.2) is 64.4 Å². The maximum atomic E-state index is 11.8. The molecule has 0 radical (unpaired) electrons. The van der Waals surface area contributed by atoms with Crippen LogP contribution in [0.1, 0.15) is 18.4 Å². The van der Waals surface area contributed by atoms with Gasteiger partial charge in [0.15, 0.2) is 18.4 Å². The summed E-state index contributed by atoms with van der Waals surface area (Å²) < 4.78 is 67.5. The molecule has 0 saturated carbocycles.